The third kappa shape index (κ3) is 4.85. The molecule has 1 fully saturated rings. The number of rotatable bonds is 6. The maximum absolute atomic E-state index is 12.7. The van der Waals surface area contributed by atoms with Gasteiger partial charge in [-0.25, -0.2) is 4.98 Å². The summed E-state index contributed by atoms with van der Waals surface area (Å²) in [7, 11) is 0. The first-order chi connectivity index (χ1) is 14.5. The highest BCUT2D eigenvalue weighted by atomic mass is 32.1. The molecule has 4 rings (SSSR count). The van der Waals surface area contributed by atoms with Crippen LogP contribution >= 0.6 is 23.6 Å². The van der Waals surface area contributed by atoms with Crippen LogP contribution in [0.1, 0.15) is 31.9 Å². The molecule has 9 heteroatoms. The number of carbonyl (C=O) groups is 1. The van der Waals surface area contributed by atoms with Gasteiger partial charge in [0.05, 0.1) is 16.6 Å². The summed E-state index contributed by atoms with van der Waals surface area (Å²) in [5.41, 5.74) is 1.50. The number of aromatic amines is 1. The molecule has 0 radical (unpaired) electrons. The first-order valence-electron chi connectivity index (χ1n) is 10.2. The van der Waals surface area contributed by atoms with Gasteiger partial charge in [-0.2, -0.15) is 0 Å². The molecule has 1 aliphatic rings. The molecule has 2 aromatic heterocycles. The summed E-state index contributed by atoms with van der Waals surface area (Å²) in [5, 5.41) is 6.00. The minimum Gasteiger partial charge on any atom is -0.332 e. The van der Waals surface area contributed by atoms with E-state index in [0.717, 1.165) is 31.2 Å². The van der Waals surface area contributed by atoms with Crippen LogP contribution in [0.15, 0.2) is 34.4 Å². The summed E-state index contributed by atoms with van der Waals surface area (Å²) in [5.74, 6) is 0.540. The molecule has 1 saturated heterocycles. The average Bonchev–Trinajstić information content (AvgIpc) is 3.14. The summed E-state index contributed by atoms with van der Waals surface area (Å²) >= 11 is 6.73. The Bertz CT molecular complexity index is 1170. The molecule has 1 aliphatic heterocycles. The Morgan fingerprint density at radius 2 is 2.23 bits per heavy atom. The molecule has 0 saturated carbocycles. The zero-order valence-electron chi connectivity index (χ0n) is 16.9. The van der Waals surface area contributed by atoms with Gasteiger partial charge in [-0.3, -0.25) is 19.1 Å². The highest BCUT2D eigenvalue weighted by Gasteiger charge is 2.17. The molecule has 1 aromatic carbocycles. The van der Waals surface area contributed by atoms with Crippen molar-refractivity contribution in [1.82, 2.24) is 19.4 Å². The summed E-state index contributed by atoms with van der Waals surface area (Å²) < 4.78 is 1.75. The van der Waals surface area contributed by atoms with E-state index in [9.17, 15) is 9.59 Å². The number of aromatic nitrogens is 3. The molecular weight excluding hydrogens is 418 g/mol. The lowest BCUT2D eigenvalue weighted by molar-refractivity contribution is -0.116. The standard InChI is InChI=1S/C21H25N5O2S2/c1-14-5-4-9-25(11-14)12-15-13-30-20(22-15)24-18(27)8-10-26-19(28)16-6-2-3-7-17(16)23-21(26)29/h2-3,6-7,13-14H,4-5,8-12H2,1H3,(H,23,29)(H,22,24,27)/t14-/m1/s1. The van der Waals surface area contributed by atoms with E-state index in [1.54, 1.807) is 6.07 Å². The number of hydrogen-bond acceptors (Lipinski definition) is 6. The summed E-state index contributed by atoms with van der Waals surface area (Å²) in [6.45, 7) is 5.52. The van der Waals surface area contributed by atoms with Crippen molar-refractivity contribution in [2.24, 2.45) is 5.92 Å². The van der Waals surface area contributed by atoms with Crippen LogP contribution in [0.25, 0.3) is 10.9 Å². The van der Waals surface area contributed by atoms with Crippen LogP contribution in [-0.2, 0) is 17.9 Å². The van der Waals surface area contributed by atoms with Crippen molar-refractivity contribution in [2.75, 3.05) is 18.4 Å². The van der Waals surface area contributed by atoms with Gasteiger partial charge in [0.15, 0.2) is 9.90 Å². The number of anilines is 1. The number of amides is 1. The Morgan fingerprint density at radius 1 is 1.40 bits per heavy atom. The number of hydrogen-bond donors (Lipinski definition) is 2. The van der Waals surface area contributed by atoms with Gasteiger partial charge in [-0.1, -0.05) is 19.1 Å². The van der Waals surface area contributed by atoms with Crippen LogP contribution in [0.2, 0.25) is 0 Å². The monoisotopic (exact) mass is 443 g/mol. The highest BCUT2D eigenvalue weighted by molar-refractivity contribution is 7.71. The van der Waals surface area contributed by atoms with Crippen molar-refractivity contribution >= 4 is 45.5 Å². The van der Waals surface area contributed by atoms with Crippen molar-refractivity contribution in [1.29, 1.82) is 0 Å². The van der Waals surface area contributed by atoms with Crippen molar-refractivity contribution < 1.29 is 4.79 Å². The SMILES string of the molecule is C[C@@H]1CCCN(Cc2csc(NC(=O)CCn3c(=S)[nH]c4ccccc4c3=O)n2)C1. The van der Waals surface area contributed by atoms with Crippen molar-refractivity contribution in [3.05, 3.63) is 50.5 Å². The summed E-state index contributed by atoms with van der Waals surface area (Å²) in [6.07, 6.45) is 2.67. The second-order valence-electron chi connectivity index (χ2n) is 7.86. The Hall–Kier alpha value is -2.36. The van der Waals surface area contributed by atoms with E-state index >= 15 is 0 Å². The number of thiazole rings is 1. The average molecular weight is 444 g/mol. The maximum atomic E-state index is 12.7. The number of H-pyrrole nitrogens is 1. The van der Waals surface area contributed by atoms with Crippen LogP contribution in [-0.4, -0.2) is 38.4 Å². The number of nitrogens with one attached hydrogen (secondary N) is 2. The zero-order chi connectivity index (χ0) is 21.1. The highest BCUT2D eigenvalue weighted by Crippen LogP contribution is 2.21. The molecule has 7 nitrogen and oxygen atoms in total. The van der Waals surface area contributed by atoms with E-state index in [0.29, 0.717) is 20.8 Å². The number of carbonyl (C=O) groups excluding carboxylic acids is 1. The predicted octanol–water partition coefficient (Wildman–Crippen LogP) is 3.78. The van der Waals surface area contributed by atoms with Crippen molar-refractivity contribution in [3.8, 4) is 0 Å². The third-order valence-electron chi connectivity index (χ3n) is 5.38. The van der Waals surface area contributed by atoms with Crippen molar-refractivity contribution in [3.63, 3.8) is 0 Å². The number of nitrogens with zero attached hydrogens (tertiary/aromatic N) is 3. The lowest BCUT2D eigenvalue weighted by Crippen LogP contribution is -2.33. The van der Waals surface area contributed by atoms with Gasteiger partial charge in [0.1, 0.15) is 0 Å². The third-order valence-corrected chi connectivity index (χ3v) is 6.51. The largest absolute Gasteiger partial charge is 0.332 e. The summed E-state index contributed by atoms with van der Waals surface area (Å²) in [4.78, 5) is 35.1. The minimum atomic E-state index is -0.186. The fourth-order valence-corrected chi connectivity index (χ4v) is 4.90. The minimum absolute atomic E-state index is 0.147. The molecule has 0 spiro atoms. The molecule has 2 N–H and O–H groups in total. The molecule has 0 bridgehead atoms. The normalized spacial score (nSPS) is 17.3. The van der Waals surface area contributed by atoms with Gasteiger partial charge in [0.2, 0.25) is 5.91 Å². The van der Waals surface area contributed by atoms with Gasteiger partial charge >= 0.3 is 0 Å². The number of para-hydroxylation sites is 1. The summed E-state index contributed by atoms with van der Waals surface area (Å²) in [6, 6.07) is 7.22. The second-order valence-corrected chi connectivity index (χ2v) is 9.10. The van der Waals surface area contributed by atoms with Crippen LogP contribution in [0, 0.1) is 10.7 Å². The van der Waals surface area contributed by atoms with E-state index in [2.05, 4.69) is 27.1 Å². The predicted molar refractivity (Wildman–Crippen MR) is 122 cm³/mol. The van der Waals surface area contributed by atoms with E-state index in [-0.39, 0.29) is 24.4 Å². The van der Waals surface area contributed by atoms with E-state index in [1.807, 2.05) is 23.6 Å². The van der Waals surface area contributed by atoms with Crippen LogP contribution in [0.5, 0.6) is 0 Å². The Labute approximate surface area is 183 Å². The molecule has 1 atom stereocenters. The fraction of sp³-hybridized carbons (Fsp3) is 0.429. The van der Waals surface area contributed by atoms with Crippen LogP contribution in [0.4, 0.5) is 5.13 Å². The van der Waals surface area contributed by atoms with Crippen LogP contribution in [0.3, 0.4) is 0 Å². The zero-order valence-corrected chi connectivity index (χ0v) is 18.5. The Kier molecular flexibility index (Phi) is 6.40. The molecule has 30 heavy (non-hydrogen) atoms. The van der Waals surface area contributed by atoms with E-state index in [4.69, 9.17) is 12.2 Å². The van der Waals surface area contributed by atoms with Gasteiger partial charge in [0.25, 0.3) is 5.56 Å². The smallest absolute Gasteiger partial charge is 0.262 e. The number of fused-ring (bicyclic) bond motifs is 1. The quantitative estimate of drug-likeness (QED) is 0.567. The van der Waals surface area contributed by atoms with Crippen molar-refractivity contribution in [2.45, 2.75) is 39.3 Å². The molecule has 0 aliphatic carbocycles. The number of likely N-dealkylation sites (tertiary alicyclic amines) is 1. The number of piperidine rings is 1. The maximum Gasteiger partial charge on any atom is 0.262 e. The van der Waals surface area contributed by atoms with Gasteiger partial charge in [-0.05, 0) is 49.7 Å². The second kappa shape index (κ2) is 9.20. The molecule has 1 amide bonds. The van der Waals surface area contributed by atoms with E-state index < -0.39 is 0 Å². The Morgan fingerprint density at radius 3 is 3.07 bits per heavy atom. The van der Waals surface area contributed by atoms with Gasteiger partial charge in [-0.15, -0.1) is 11.3 Å². The number of benzene rings is 1. The first-order valence-corrected chi connectivity index (χ1v) is 11.5. The molecule has 3 heterocycles. The molecule has 3 aromatic rings. The van der Waals surface area contributed by atoms with E-state index in [1.165, 1.54) is 28.7 Å². The topological polar surface area (TPSA) is 83.0 Å². The van der Waals surface area contributed by atoms with Crippen LogP contribution < -0.4 is 10.9 Å². The Balaban J connectivity index is 1.36. The molecule has 0 unspecified atom stereocenters. The molecular formula is C21H25N5O2S2. The fourth-order valence-electron chi connectivity index (χ4n) is 3.89. The molecule has 158 valence electrons. The first kappa shape index (κ1) is 20.9. The van der Waals surface area contributed by atoms with Gasteiger partial charge < -0.3 is 10.3 Å². The lowest BCUT2D eigenvalue weighted by atomic mass is 10.0. The lowest BCUT2D eigenvalue weighted by Gasteiger charge is -2.30. The van der Waals surface area contributed by atoms with Gasteiger partial charge in [0, 0.05) is 31.4 Å².